The van der Waals surface area contributed by atoms with Crippen LogP contribution in [-0.2, 0) is 17.3 Å². The van der Waals surface area contributed by atoms with Crippen LogP contribution in [-0.4, -0.2) is 50.9 Å². The number of halogens is 4. The third-order valence-electron chi connectivity index (χ3n) is 6.37. The van der Waals surface area contributed by atoms with Crippen LogP contribution in [0.2, 0.25) is 0 Å². The van der Waals surface area contributed by atoms with Gasteiger partial charge in [-0.05, 0) is 48.6 Å². The van der Waals surface area contributed by atoms with Crippen LogP contribution in [0.15, 0.2) is 54.9 Å². The van der Waals surface area contributed by atoms with Crippen LogP contribution in [0.4, 0.5) is 23.4 Å². The number of H-pyrrole nitrogens is 1. The third-order valence-corrected chi connectivity index (χ3v) is 6.37. The predicted octanol–water partition coefficient (Wildman–Crippen LogP) is 5.07. The smallest absolute Gasteiger partial charge is 0.417 e. The number of nitrogens with zero attached hydrogens (tertiary/aromatic N) is 4. The number of aromatic amines is 1. The molecular formula is C27H24F4N6O3. The zero-order valence-corrected chi connectivity index (χ0v) is 21.0. The minimum Gasteiger partial charge on any atom is -0.493 e. The number of hydrogen-bond acceptors (Lipinski definition) is 7. The molecule has 208 valence electrons. The van der Waals surface area contributed by atoms with Gasteiger partial charge in [0.1, 0.15) is 29.5 Å². The first kappa shape index (κ1) is 27.2. The molecule has 2 N–H and O–H groups in total. The fourth-order valence-corrected chi connectivity index (χ4v) is 4.25. The van der Waals surface area contributed by atoms with Crippen molar-refractivity contribution in [3.63, 3.8) is 0 Å². The van der Waals surface area contributed by atoms with Crippen LogP contribution in [0, 0.1) is 11.7 Å². The maximum Gasteiger partial charge on any atom is 0.417 e. The first-order chi connectivity index (χ1) is 19.3. The molecule has 4 aromatic rings. The highest BCUT2D eigenvalue weighted by molar-refractivity contribution is 6.01. The van der Waals surface area contributed by atoms with E-state index in [-0.39, 0.29) is 46.8 Å². The van der Waals surface area contributed by atoms with E-state index in [2.05, 4.69) is 30.5 Å². The number of ether oxygens (including phenoxy) is 2. The summed E-state index contributed by atoms with van der Waals surface area (Å²) >= 11 is 0. The summed E-state index contributed by atoms with van der Waals surface area (Å²) in [7, 11) is 0. The number of amides is 1. The van der Waals surface area contributed by atoms with Crippen LogP contribution < -0.4 is 10.1 Å². The molecule has 3 heterocycles. The van der Waals surface area contributed by atoms with Gasteiger partial charge >= 0.3 is 6.18 Å². The van der Waals surface area contributed by atoms with Gasteiger partial charge in [0.05, 0.1) is 17.9 Å². The number of hydrogen-bond donors (Lipinski definition) is 2. The lowest BCUT2D eigenvalue weighted by atomic mass is 10.0. The predicted molar refractivity (Wildman–Crippen MR) is 135 cm³/mol. The average molecular weight is 557 g/mol. The van der Waals surface area contributed by atoms with Crippen LogP contribution in [0.25, 0.3) is 11.3 Å². The van der Waals surface area contributed by atoms with Crippen LogP contribution >= 0.6 is 0 Å². The second-order valence-corrected chi connectivity index (χ2v) is 9.20. The summed E-state index contributed by atoms with van der Waals surface area (Å²) in [6.45, 7) is 1.61. The molecule has 0 radical (unpaired) electrons. The Morgan fingerprint density at radius 1 is 1.07 bits per heavy atom. The van der Waals surface area contributed by atoms with Crippen LogP contribution in [0.5, 0.6) is 5.75 Å². The zero-order valence-electron chi connectivity index (χ0n) is 21.0. The molecule has 13 heteroatoms. The van der Waals surface area contributed by atoms with Crippen molar-refractivity contribution in [2.75, 3.05) is 25.1 Å². The molecule has 40 heavy (non-hydrogen) atoms. The molecule has 0 unspecified atom stereocenters. The van der Waals surface area contributed by atoms with Crippen molar-refractivity contribution < 1.29 is 31.8 Å². The van der Waals surface area contributed by atoms with Gasteiger partial charge in [-0.1, -0.05) is 18.2 Å². The number of anilines is 1. The summed E-state index contributed by atoms with van der Waals surface area (Å²) in [5.74, 6) is -0.608. The Morgan fingerprint density at radius 2 is 1.88 bits per heavy atom. The number of nitrogens with one attached hydrogen (secondary N) is 2. The van der Waals surface area contributed by atoms with E-state index in [0.717, 1.165) is 25.2 Å². The van der Waals surface area contributed by atoms with Crippen molar-refractivity contribution in [3.8, 4) is 17.0 Å². The Kier molecular flexibility index (Phi) is 8.01. The van der Waals surface area contributed by atoms with Gasteiger partial charge in [0.15, 0.2) is 0 Å². The Labute approximate surface area is 226 Å². The highest BCUT2D eigenvalue weighted by Crippen LogP contribution is 2.39. The molecule has 1 aliphatic rings. The summed E-state index contributed by atoms with van der Waals surface area (Å²) < 4.78 is 66.6. The number of benzene rings is 2. The van der Waals surface area contributed by atoms with E-state index in [1.807, 2.05) is 0 Å². The van der Waals surface area contributed by atoms with Crippen molar-refractivity contribution in [1.82, 2.24) is 25.1 Å². The summed E-state index contributed by atoms with van der Waals surface area (Å²) in [5, 5.41) is 10.1. The van der Waals surface area contributed by atoms with Gasteiger partial charge in [0.2, 0.25) is 5.82 Å². The maximum absolute atomic E-state index is 13.9. The molecule has 9 nitrogen and oxygen atoms in total. The Hall–Kier alpha value is -4.39. The van der Waals surface area contributed by atoms with E-state index >= 15 is 0 Å². The Morgan fingerprint density at radius 3 is 2.65 bits per heavy atom. The van der Waals surface area contributed by atoms with Gasteiger partial charge in [-0.2, -0.15) is 13.2 Å². The lowest BCUT2D eigenvalue weighted by Crippen LogP contribution is -2.21. The fourth-order valence-electron chi connectivity index (χ4n) is 4.25. The van der Waals surface area contributed by atoms with Crippen LogP contribution in [0.1, 0.15) is 40.4 Å². The van der Waals surface area contributed by atoms with E-state index in [1.165, 1.54) is 24.3 Å². The first-order valence-corrected chi connectivity index (χ1v) is 12.5. The number of carbonyl (C=O) groups excluding carboxylic acids is 1. The quantitative estimate of drug-likeness (QED) is 0.291. The molecule has 1 saturated heterocycles. The highest BCUT2D eigenvalue weighted by Gasteiger charge is 2.34. The molecule has 0 aliphatic carbocycles. The molecular weight excluding hydrogens is 532 g/mol. The fraction of sp³-hybridized carbons (Fsp3) is 0.296. The minimum atomic E-state index is -4.66. The molecule has 0 saturated carbocycles. The Balaban J connectivity index is 1.33. The molecule has 0 atom stereocenters. The molecule has 2 aromatic heterocycles. The van der Waals surface area contributed by atoms with Crippen molar-refractivity contribution in [1.29, 1.82) is 0 Å². The van der Waals surface area contributed by atoms with Crippen molar-refractivity contribution in [2.45, 2.75) is 25.4 Å². The number of aromatic nitrogens is 5. The summed E-state index contributed by atoms with van der Waals surface area (Å²) in [5.41, 5.74) is -0.825. The molecule has 2 aromatic carbocycles. The molecule has 1 fully saturated rings. The van der Waals surface area contributed by atoms with Gasteiger partial charge in [-0.3, -0.25) is 4.79 Å². The summed E-state index contributed by atoms with van der Waals surface area (Å²) in [6.07, 6.45) is -1.89. The van der Waals surface area contributed by atoms with Gasteiger partial charge in [-0.15, -0.1) is 10.2 Å². The zero-order chi connectivity index (χ0) is 28.1. The van der Waals surface area contributed by atoms with Crippen molar-refractivity contribution in [2.24, 2.45) is 5.92 Å². The maximum atomic E-state index is 13.9. The van der Waals surface area contributed by atoms with Gasteiger partial charge in [-0.25, -0.2) is 14.4 Å². The standard InChI is InChI=1S/C27H24F4N6O3/c28-21-4-2-1-3-17(21)11-24-34-25(37-36-24)26(38)35-23-13-22(32-15-33-23)19-12-18(5-6-20(19)27(29,30)31)40-14-16-7-9-39-10-8-16/h1-6,12-13,15-16H,7-11,14H2,(H,34,36,37)(H,32,33,35,38). The summed E-state index contributed by atoms with van der Waals surface area (Å²) in [6, 6.07) is 10.8. The van der Waals surface area contributed by atoms with E-state index in [1.54, 1.807) is 18.2 Å². The second kappa shape index (κ2) is 11.8. The van der Waals surface area contributed by atoms with Gasteiger partial charge in [0.25, 0.3) is 5.91 Å². The van der Waals surface area contributed by atoms with E-state index < -0.39 is 23.5 Å². The SMILES string of the molecule is O=C(Nc1cc(-c2cc(OCC3CCOCC3)ccc2C(F)(F)F)ncn1)c1nnc(Cc2ccccc2F)[nH]1. The minimum absolute atomic E-state index is 0.0521. The van der Waals surface area contributed by atoms with Crippen molar-refractivity contribution in [3.05, 3.63) is 83.5 Å². The number of carbonyl (C=O) groups is 1. The van der Waals surface area contributed by atoms with E-state index in [0.29, 0.717) is 25.4 Å². The second-order valence-electron chi connectivity index (χ2n) is 9.20. The number of alkyl halides is 3. The average Bonchev–Trinajstić information content (AvgIpc) is 3.42. The first-order valence-electron chi connectivity index (χ1n) is 12.5. The normalized spacial score (nSPS) is 14.2. The van der Waals surface area contributed by atoms with Gasteiger partial charge in [0, 0.05) is 31.3 Å². The molecule has 1 amide bonds. The van der Waals surface area contributed by atoms with Crippen molar-refractivity contribution >= 4 is 11.7 Å². The van der Waals surface area contributed by atoms with Crippen LogP contribution in [0.3, 0.4) is 0 Å². The molecule has 1 aliphatic heterocycles. The lowest BCUT2D eigenvalue weighted by Gasteiger charge is -2.22. The highest BCUT2D eigenvalue weighted by atomic mass is 19.4. The van der Waals surface area contributed by atoms with E-state index in [9.17, 15) is 22.4 Å². The third kappa shape index (κ3) is 6.60. The largest absolute Gasteiger partial charge is 0.493 e. The molecule has 0 bridgehead atoms. The molecule has 0 spiro atoms. The topological polar surface area (TPSA) is 115 Å². The van der Waals surface area contributed by atoms with Gasteiger partial charge < -0.3 is 19.8 Å². The van der Waals surface area contributed by atoms with E-state index in [4.69, 9.17) is 9.47 Å². The Bertz CT molecular complexity index is 1490. The number of rotatable bonds is 8. The monoisotopic (exact) mass is 556 g/mol. The lowest BCUT2D eigenvalue weighted by molar-refractivity contribution is -0.137. The summed E-state index contributed by atoms with van der Waals surface area (Å²) in [4.78, 5) is 23.4. The molecule has 5 rings (SSSR count).